The van der Waals surface area contributed by atoms with Crippen LogP contribution in [0.1, 0.15) is 50.6 Å². The van der Waals surface area contributed by atoms with E-state index in [0.29, 0.717) is 16.3 Å². The Kier molecular flexibility index (Phi) is 6.13. The number of carbonyl (C=O) groups is 3. The van der Waals surface area contributed by atoms with Crippen molar-refractivity contribution in [3.05, 3.63) is 43.8 Å². The summed E-state index contributed by atoms with van der Waals surface area (Å²) in [6.45, 7) is 7.44. The minimum Gasteiger partial charge on any atom is -0.453 e. The number of rotatable bonds is 6. The number of esters is 1. The predicted molar refractivity (Wildman–Crippen MR) is 99.3 cm³/mol. The highest BCUT2D eigenvalue weighted by atomic mass is 32.1. The summed E-state index contributed by atoms with van der Waals surface area (Å²) >= 11 is 2.59. The molecule has 1 N–H and O–H groups in total. The third-order valence-corrected chi connectivity index (χ3v) is 5.55. The molecule has 7 heteroatoms. The zero-order valence-electron chi connectivity index (χ0n) is 14.7. The average molecular weight is 380 g/mol. The van der Waals surface area contributed by atoms with Gasteiger partial charge in [-0.3, -0.25) is 9.59 Å². The second kappa shape index (κ2) is 7.93. The molecule has 0 aliphatic rings. The quantitative estimate of drug-likeness (QED) is 0.612. The van der Waals surface area contributed by atoms with Crippen molar-refractivity contribution in [2.45, 2.75) is 34.2 Å². The van der Waals surface area contributed by atoms with Crippen molar-refractivity contribution >= 4 is 40.3 Å². The molecule has 1 amide bonds. The molecule has 2 aromatic heterocycles. The lowest BCUT2D eigenvalue weighted by molar-refractivity contribution is -0.128. The lowest BCUT2D eigenvalue weighted by Gasteiger charge is -2.17. The number of hydrogen-bond acceptors (Lipinski definition) is 6. The SMILES string of the molecule is Cc1ccsc1C(=O)OCC(=O)c1ccc(CNC(=O)C(C)(C)C)s1. The maximum absolute atomic E-state index is 12.2. The molecule has 0 bridgehead atoms. The molecule has 0 aliphatic heterocycles. The van der Waals surface area contributed by atoms with Crippen molar-refractivity contribution in [3.8, 4) is 0 Å². The van der Waals surface area contributed by atoms with Crippen molar-refractivity contribution in [3.63, 3.8) is 0 Å². The fourth-order valence-corrected chi connectivity index (χ4v) is 3.59. The van der Waals surface area contributed by atoms with E-state index in [9.17, 15) is 14.4 Å². The zero-order chi connectivity index (χ0) is 18.6. The fourth-order valence-electron chi connectivity index (χ4n) is 1.90. The first kappa shape index (κ1) is 19.3. The number of ketones is 1. The molecule has 0 spiro atoms. The molecule has 2 heterocycles. The van der Waals surface area contributed by atoms with E-state index in [1.54, 1.807) is 12.1 Å². The normalized spacial score (nSPS) is 11.2. The number of thiophene rings is 2. The second-order valence-corrected chi connectivity index (χ2v) is 8.72. The van der Waals surface area contributed by atoms with Crippen LogP contribution in [-0.2, 0) is 16.1 Å². The lowest BCUT2D eigenvalue weighted by atomic mass is 9.96. The van der Waals surface area contributed by atoms with Crippen LogP contribution in [0.5, 0.6) is 0 Å². The molecule has 5 nitrogen and oxygen atoms in total. The van der Waals surface area contributed by atoms with Gasteiger partial charge in [-0.15, -0.1) is 22.7 Å². The van der Waals surface area contributed by atoms with Crippen LogP contribution in [0.4, 0.5) is 0 Å². The predicted octanol–water partition coefficient (Wildman–Crippen LogP) is 3.82. The molecule has 0 aromatic carbocycles. The third kappa shape index (κ3) is 5.24. The minimum atomic E-state index is -0.477. The van der Waals surface area contributed by atoms with Gasteiger partial charge in [-0.2, -0.15) is 0 Å². The number of aryl methyl sites for hydroxylation is 1. The number of nitrogens with one attached hydrogen (secondary N) is 1. The van der Waals surface area contributed by atoms with E-state index < -0.39 is 11.4 Å². The van der Waals surface area contributed by atoms with Gasteiger partial charge in [0, 0.05) is 10.3 Å². The molecule has 0 aliphatic carbocycles. The highest BCUT2D eigenvalue weighted by molar-refractivity contribution is 7.14. The highest BCUT2D eigenvalue weighted by Crippen LogP contribution is 2.20. The van der Waals surface area contributed by atoms with Gasteiger partial charge >= 0.3 is 5.97 Å². The van der Waals surface area contributed by atoms with E-state index in [-0.39, 0.29) is 18.3 Å². The number of ether oxygens (including phenoxy) is 1. The highest BCUT2D eigenvalue weighted by Gasteiger charge is 2.21. The van der Waals surface area contributed by atoms with Crippen LogP contribution in [0.25, 0.3) is 0 Å². The van der Waals surface area contributed by atoms with E-state index in [1.165, 1.54) is 22.7 Å². The van der Waals surface area contributed by atoms with Crippen LogP contribution in [0.15, 0.2) is 23.6 Å². The van der Waals surface area contributed by atoms with Crippen LogP contribution in [0.2, 0.25) is 0 Å². The number of hydrogen-bond donors (Lipinski definition) is 1. The van der Waals surface area contributed by atoms with Crippen LogP contribution in [0.3, 0.4) is 0 Å². The Bertz CT molecular complexity index is 783. The Morgan fingerprint density at radius 2 is 1.88 bits per heavy atom. The molecule has 0 radical (unpaired) electrons. The fraction of sp³-hybridized carbons (Fsp3) is 0.389. The van der Waals surface area contributed by atoms with E-state index in [0.717, 1.165) is 10.4 Å². The van der Waals surface area contributed by atoms with Gasteiger partial charge in [0.05, 0.1) is 11.4 Å². The topological polar surface area (TPSA) is 72.5 Å². The molecule has 2 rings (SSSR count). The van der Waals surface area contributed by atoms with Gasteiger partial charge in [0.15, 0.2) is 6.61 Å². The van der Waals surface area contributed by atoms with Crippen molar-refractivity contribution in [2.24, 2.45) is 5.41 Å². The van der Waals surface area contributed by atoms with Crippen LogP contribution >= 0.6 is 22.7 Å². The van der Waals surface area contributed by atoms with Crippen LogP contribution in [-0.4, -0.2) is 24.3 Å². The smallest absolute Gasteiger partial charge is 0.349 e. The van der Waals surface area contributed by atoms with Gasteiger partial charge in [-0.1, -0.05) is 20.8 Å². The minimum absolute atomic E-state index is 0.0472. The largest absolute Gasteiger partial charge is 0.453 e. The van der Waals surface area contributed by atoms with Gasteiger partial charge in [0.25, 0.3) is 0 Å². The standard InChI is InChI=1S/C18H21NO4S2/c1-11-7-8-24-15(11)16(21)23-10-13(20)14-6-5-12(25-14)9-19-17(22)18(2,3)4/h5-8H,9-10H2,1-4H3,(H,19,22). The summed E-state index contributed by atoms with van der Waals surface area (Å²) in [4.78, 5) is 37.9. The summed E-state index contributed by atoms with van der Waals surface area (Å²) < 4.78 is 5.09. The average Bonchev–Trinajstić information content (AvgIpc) is 3.17. The van der Waals surface area contributed by atoms with E-state index >= 15 is 0 Å². The summed E-state index contributed by atoms with van der Waals surface area (Å²) in [5.74, 6) is -0.773. The van der Waals surface area contributed by atoms with Crippen LogP contribution in [0, 0.1) is 12.3 Å². The zero-order valence-corrected chi connectivity index (χ0v) is 16.3. The van der Waals surface area contributed by atoms with Crippen LogP contribution < -0.4 is 5.32 Å². The van der Waals surface area contributed by atoms with E-state index in [1.807, 2.05) is 39.1 Å². The van der Waals surface area contributed by atoms with E-state index in [2.05, 4.69) is 5.32 Å². The molecule has 0 saturated carbocycles. The van der Waals surface area contributed by atoms with Crippen molar-refractivity contribution < 1.29 is 19.1 Å². The Hall–Kier alpha value is -1.99. The molecule has 0 atom stereocenters. The first-order valence-electron chi connectivity index (χ1n) is 7.80. The lowest BCUT2D eigenvalue weighted by Crippen LogP contribution is -2.34. The van der Waals surface area contributed by atoms with Crippen molar-refractivity contribution in [1.82, 2.24) is 5.32 Å². The molecule has 2 aromatic rings. The van der Waals surface area contributed by atoms with E-state index in [4.69, 9.17) is 4.74 Å². The van der Waals surface area contributed by atoms with Crippen molar-refractivity contribution in [1.29, 1.82) is 0 Å². The third-order valence-electron chi connectivity index (χ3n) is 3.42. The summed E-state index contributed by atoms with van der Waals surface area (Å²) in [7, 11) is 0. The summed E-state index contributed by atoms with van der Waals surface area (Å²) in [6, 6.07) is 5.32. The molecular formula is C18H21NO4S2. The number of amides is 1. The van der Waals surface area contributed by atoms with Gasteiger partial charge in [0.1, 0.15) is 4.88 Å². The first-order chi connectivity index (χ1) is 11.7. The molecule has 134 valence electrons. The summed E-state index contributed by atoms with van der Waals surface area (Å²) in [5.41, 5.74) is 0.389. The Balaban J connectivity index is 1.87. The molecule has 25 heavy (non-hydrogen) atoms. The van der Waals surface area contributed by atoms with Crippen molar-refractivity contribution in [2.75, 3.05) is 6.61 Å². The molecule has 0 saturated heterocycles. The Morgan fingerprint density at radius 1 is 1.16 bits per heavy atom. The molecule has 0 unspecified atom stereocenters. The molecular weight excluding hydrogens is 358 g/mol. The number of Topliss-reactive ketones (excluding diaryl/α,β-unsaturated/α-hetero) is 1. The maximum atomic E-state index is 12.2. The monoisotopic (exact) mass is 379 g/mol. The van der Waals surface area contributed by atoms with Gasteiger partial charge in [-0.05, 0) is 36.1 Å². The summed E-state index contributed by atoms with van der Waals surface area (Å²) in [6.07, 6.45) is 0. The van der Waals surface area contributed by atoms with Gasteiger partial charge in [0.2, 0.25) is 11.7 Å². The maximum Gasteiger partial charge on any atom is 0.349 e. The second-order valence-electron chi connectivity index (χ2n) is 6.63. The van der Waals surface area contributed by atoms with Gasteiger partial charge in [-0.25, -0.2) is 4.79 Å². The Morgan fingerprint density at radius 3 is 2.48 bits per heavy atom. The molecule has 0 fully saturated rings. The Labute approximate surface area is 155 Å². The van der Waals surface area contributed by atoms with Gasteiger partial charge < -0.3 is 10.1 Å². The first-order valence-corrected chi connectivity index (χ1v) is 9.49. The number of carbonyl (C=O) groups excluding carboxylic acids is 3. The summed E-state index contributed by atoms with van der Waals surface area (Å²) in [5, 5.41) is 4.65.